The van der Waals surface area contributed by atoms with E-state index < -0.39 is 27.0 Å². The molecule has 0 saturated carbocycles. The maximum atomic E-state index is 13.0. The normalized spacial score (nSPS) is 11.7. The summed E-state index contributed by atoms with van der Waals surface area (Å²) < 4.78 is 45.8. The van der Waals surface area contributed by atoms with Gasteiger partial charge < -0.3 is 14.0 Å². The molecule has 0 N–H and O–H groups in total. The Labute approximate surface area is 418 Å². The first-order valence-corrected chi connectivity index (χ1v) is 26.5. The molecule has 0 saturated heterocycles. The average Bonchev–Trinajstić information content (AvgIpc) is 3.24. The van der Waals surface area contributed by atoms with Crippen molar-refractivity contribution in [1.82, 2.24) is 0 Å². The zero-order valence-electron chi connectivity index (χ0n) is 39.7. The van der Waals surface area contributed by atoms with Crippen molar-refractivity contribution < 1.29 is 83.4 Å². The Hall–Kier alpha value is -0.814. The molecule has 0 aliphatic rings. The largest absolute Gasteiger partial charge is 1.00 e. The van der Waals surface area contributed by atoms with Gasteiger partial charge in [-0.3, -0.25) is 0 Å². The number of carbonyl (C=O) groups excluding carboxylic acids is 2. The van der Waals surface area contributed by atoms with Gasteiger partial charge in [0.1, 0.15) is 10.1 Å². The van der Waals surface area contributed by atoms with E-state index in [1.807, 2.05) is 12.2 Å². The molecule has 0 amide bonds. The first kappa shape index (κ1) is 60.2. The predicted octanol–water partition coefficient (Wildman–Crippen LogP) is 13.1. The van der Waals surface area contributed by atoms with Crippen molar-refractivity contribution in [2.24, 2.45) is 0 Å². The topological polar surface area (TPSA) is 110 Å². The number of allylic oxidation sites excluding steroid dienone is 2. The van der Waals surface area contributed by atoms with Crippen molar-refractivity contribution in [3.05, 3.63) is 53.6 Å². The molecule has 0 spiro atoms. The third-order valence-corrected chi connectivity index (χ3v) is 12.4. The van der Waals surface area contributed by atoms with E-state index >= 15 is 0 Å². The van der Waals surface area contributed by atoms with Crippen LogP contribution in [0, 0.1) is 0 Å². The zero-order chi connectivity index (χ0) is 43.6. The molecule has 0 aliphatic carbocycles. The van der Waals surface area contributed by atoms with Gasteiger partial charge in [-0.1, -0.05) is 231 Å². The van der Waals surface area contributed by atoms with Crippen LogP contribution in [0.2, 0.25) is 0 Å². The van der Waals surface area contributed by atoms with Gasteiger partial charge >= 0.3 is 63.3 Å². The molecule has 1 rings (SSSR count). The molecule has 0 fully saturated rings. The Bertz CT molecular complexity index is 1340. The summed E-state index contributed by atoms with van der Waals surface area (Å²) in [5, 5.41) is 0. The van der Waals surface area contributed by atoms with E-state index in [0.717, 1.165) is 43.9 Å². The molecule has 0 heterocycles. The molecule has 1 aromatic rings. The minimum Gasteiger partial charge on any atom is -0.744 e. The summed E-state index contributed by atoms with van der Waals surface area (Å²) in [6.07, 6.45) is 54.3. The summed E-state index contributed by atoms with van der Waals surface area (Å²) in [7, 11) is -4.84. The average molecular weight is 897 g/mol. The molecule has 7 nitrogen and oxygen atoms in total. The van der Waals surface area contributed by atoms with Crippen LogP contribution in [0.15, 0.2) is 47.4 Å². The van der Waals surface area contributed by atoms with Crippen molar-refractivity contribution in [2.75, 3.05) is 13.2 Å². The van der Waals surface area contributed by atoms with Crippen LogP contribution in [0.25, 0.3) is 0 Å². The van der Waals surface area contributed by atoms with Gasteiger partial charge in [-0.15, -0.1) is 0 Å². The Morgan fingerprint density at radius 3 is 1.03 bits per heavy atom. The van der Waals surface area contributed by atoms with Crippen molar-refractivity contribution in [1.29, 1.82) is 0 Å². The number of benzene rings is 1. The fraction of sp³-hybridized carbons (Fsp3) is 0.769. The van der Waals surface area contributed by atoms with E-state index in [4.69, 9.17) is 9.47 Å². The maximum Gasteiger partial charge on any atom is 1.00 e. The summed E-state index contributed by atoms with van der Waals surface area (Å²) in [5.41, 5.74) is -0.406. The van der Waals surface area contributed by atoms with Crippen molar-refractivity contribution >= 4 is 22.1 Å². The fourth-order valence-electron chi connectivity index (χ4n) is 7.71. The minimum absolute atomic E-state index is 0. The molecule has 61 heavy (non-hydrogen) atoms. The van der Waals surface area contributed by atoms with Gasteiger partial charge in [0.15, 0.2) is 0 Å². The fourth-order valence-corrected chi connectivity index (χ4v) is 8.21. The van der Waals surface area contributed by atoms with Gasteiger partial charge in [0, 0.05) is 0 Å². The summed E-state index contributed by atoms with van der Waals surface area (Å²) in [4.78, 5) is 25.3. The van der Waals surface area contributed by atoms with Gasteiger partial charge in [-0.2, -0.15) is 0 Å². The van der Waals surface area contributed by atoms with Crippen LogP contribution < -0.4 is 51.4 Å². The molecule has 0 bridgehead atoms. The second kappa shape index (κ2) is 44.4. The van der Waals surface area contributed by atoms with Crippen LogP contribution in [0.3, 0.4) is 0 Å². The third kappa shape index (κ3) is 37.1. The molecule has 0 unspecified atom stereocenters. The molecule has 0 radical (unpaired) electrons. The molecule has 9 heteroatoms. The SMILES string of the molecule is CCCCCCCCCCCCCCCCCC/C=C/CCOC(=O)c1ccc(S(=O)(=O)[O-])cc1C(=O)OCC/C=C/CCCCCCCCCCCCCCCCCC.[K+]. The quantitative estimate of drug-likeness (QED) is 0.0211. The number of esters is 2. The second-order valence-corrected chi connectivity index (χ2v) is 18.5. The van der Waals surface area contributed by atoms with Crippen LogP contribution in [-0.4, -0.2) is 38.1 Å². The maximum absolute atomic E-state index is 13.0. The van der Waals surface area contributed by atoms with E-state index in [-0.39, 0.29) is 75.7 Å². The van der Waals surface area contributed by atoms with Crippen LogP contribution in [0.5, 0.6) is 0 Å². The minimum atomic E-state index is -4.84. The van der Waals surface area contributed by atoms with E-state index in [1.165, 1.54) is 193 Å². The molecule has 0 aromatic heterocycles. The van der Waals surface area contributed by atoms with Crippen molar-refractivity contribution in [2.45, 2.75) is 250 Å². The van der Waals surface area contributed by atoms with E-state index in [9.17, 15) is 22.6 Å². The summed E-state index contributed by atoms with van der Waals surface area (Å²) in [6.45, 7) is 4.73. The Morgan fingerprint density at radius 2 is 0.721 bits per heavy atom. The zero-order valence-corrected chi connectivity index (χ0v) is 43.6. The van der Waals surface area contributed by atoms with Gasteiger partial charge in [0.05, 0.1) is 29.2 Å². The number of carbonyl (C=O) groups is 2. The molecule has 0 atom stereocenters. The molecular formula is C52H89KO7S. The number of hydrogen-bond acceptors (Lipinski definition) is 7. The number of hydrogen-bond donors (Lipinski definition) is 0. The number of rotatable bonds is 43. The van der Waals surface area contributed by atoms with Crippen LogP contribution >= 0.6 is 0 Å². The summed E-state index contributed by atoms with van der Waals surface area (Å²) in [5.74, 6) is -1.63. The molecular weight excluding hydrogens is 808 g/mol. The van der Waals surface area contributed by atoms with Crippen molar-refractivity contribution in [3.8, 4) is 0 Å². The standard InChI is InChI=1S/C52H90O7S.K/c1-3-5-7-9-11-13-15-17-19-21-23-25-27-29-31-33-35-37-39-41-45-58-51(53)49-44-43-48(60(55,56)57)47-50(49)52(54)59-46-42-40-38-36-34-32-30-28-26-24-22-20-18-16-14-12-10-8-6-4-2;/h37-40,43-44,47H,3-36,41-42,45-46H2,1-2H3,(H,55,56,57);/q;+1/p-1/b39-37+,40-38+;. The monoisotopic (exact) mass is 897 g/mol. The smallest absolute Gasteiger partial charge is 0.744 e. The van der Waals surface area contributed by atoms with Gasteiger partial charge in [0.2, 0.25) is 0 Å². The summed E-state index contributed by atoms with van der Waals surface area (Å²) >= 11 is 0. The van der Waals surface area contributed by atoms with Gasteiger partial charge in [-0.25, -0.2) is 18.0 Å². The van der Waals surface area contributed by atoms with E-state index in [0.29, 0.717) is 12.8 Å². The molecule has 0 aliphatic heterocycles. The third-order valence-electron chi connectivity index (χ3n) is 11.5. The Kier molecular flexibility index (Phi) is 43.8. The van der Waals surface area contributed by atoms with Crippen LogP contribution in [-0.2, 0) is 19.6 Å². The number of ether oxygens (including phenoxy) is 2. The van der Waals surface area contributed by atoms with Gasteiger partial charge in [0.25, 0.3) is 0 Å². The van der Waals surface area contributed by atoms with Gasteiger partial charge in [-0.05, 0) is 56.7 Å². The first-order chi connectivity index (χ1) is 29.3. The number of unbranched alkanes of at least 4 members (excludes halogenated alkanes) is 32. The summed E-state index contributed by atoms with van der Waals surface area (Å²) in [6, 6.07) is 3.08. The van der Waals surface area contributed by atoms with Crippen LogP contribution in [0.4, 0.5) is 0 Å². The Balaban J connectivity index is 0.0000360. The second-order valence-electron chi connectivity index (χ2n) is 17.1. The van der Waals surface area contributed by atoms with Crippen LogP contribution in [0.1, 0.15) is 266 Å². The predicted molar refractivity (Wildman–Crippen MR) is 251 cm³/mol. The van der Waals surface area contributed by atoms with Crippen molar-refractivity contribution in [3.63, 3.8) is 0 Å². The van der Waals surface area contributed by atoms with E-state index in [2.05, 4.69) is 26.0 Å². The van der Waals surface area contributed by atoms with E-state index in [1.54, 1.807) is 0 Å². The first-order valence-electron chi connectivity index (χ1n) is 25.0. The Morgan fingerprint density at radius 1 is 0.443 bits per heavy atom. The molecule has 346 valence electrons. The molecule has 1 aromatic carbocycles.